The molecule has 130 valence electrons. The summed E-state index contributed by atoms with van der Waals surface area (Å²) >= 11 is 0. The molecular formula is C20H21FN2O2. The lowest BCUT2D eigenvalue weighted by atomic mass is 9.94. The minimum Gasteiger partial charge on any atom is -0.395 e. The first-order chi connectivity index (χ1) is 12.2. The summed E-state index contributed by atoms with van der Waals surface area (Å²) in [5.74, 6) is -0.416. The summed E-state index contributed by atoms with van der Waals surface area (Å²) in [6, 6.07) is 14.2. The smallest absolute Gasteiger partial charge is 0.123 e. The van der Waals surface area contributed by atoms with Crippen molar-refractivity contribution in [1.29, 1.82) is 0 Å². The summed E-state index contributed by atoms with van der Waals surface area (Å²) < 4.78 is 13.2. The van der Waals surface area contributed by atoms with E-state index in [1.165, 1.54) is 12.1 Å². The van der Waals surface area contributed by atoms with Gasteiger partial charge in [0.2, 0.25) is 0 Å². The van der Waals surface area contributed by atoms with Crippen LogP contribution in [0.1, 0.15) is 17.0 Å². The second-order valence-corrected chi connectivity index (χ2v) is 6.73. The van der Waals surface area contributed by atoms with E-state index < -0.39 is 6.10 Å². The molecule has 0 amide bonds. The Hall–Kier alpha value is -2.21. The van der Waals surface area contributed by atoms with Crippen LogP contribution in [-0.2, 0) is 6.54 Å². The topological polar surface area (TPSA) is 59.5 Å². The summed E-state index contributed by atoms with van der Waals surface area (Å²) in [6.07, 6.45) is 1.24. The van der Waals surface area contributed by atoms with Crippen molar-refractivity contribution in [3.8, 4) is 0 Å². The van der Waals surface area contributed by atoms with Crippen molar-refractivity contribution in [2.75, 3.05) is 13.2 Å². The van der Waals surface area contributed by atoms with Gasteiger partial charge in [-0.15, -0.1) is 0 Å². The molecule has 1 fully saturated rings. The van der Waals surface area contributed by atoms with Crippen LogP contribution in [0.4, 0.5) is 4.39 Å². The molecule has 0 spiro atoms. The molecule has 1 aliphatic heterocycles. The highest BCUT2D eigenvalue weighted by atomic mass is 19.1. The molecule has 4 rings (SSSR count). The molecule has 4 nitrogen and oxygen atoms in total. The Morgan fingerprint density at radius 3 is 2.68 bits per heavy atom. The Bertz CT molecular complexity index is 862. The van der Waals surface area contributed by atoms with Crippen molar-refractivity contribution < 1.29 is 14.6 Å². The van der Waals surface area contributed by atoms with E-state index in [9.17, 15) is 14.6 Å². The zero-order valence-electron chi connectivity index (χ0n) is 13.8. The predicted molar refractivity (Wildman–Crippen MR) is 94.7 cm³/mol. The number of nitrogens with zero attached hydrogens (tertiary/aromatic N) is 1. The Morgan fingerprint density at radius 2 is 1.92 bits per heavy atom. The molecule has 0 saturated carbocycles. The van der Waals surface area contributed by atoms with Gasteiger partial charge in [-0.05, 0) is 46.8 Å². The number of fused-ring (bicyclic) bond motifs is 1. The van der Waals surface area contributed by atoms with Crippen LogP contribution < -0.4 is 0 Å². The molecule has 1 aliphatic rings. The summed E-state index contributed by atoms with van der Waals surface area (Å²) in [5.41, 5.74) is 3.13. The number of aliphatic hydroxyl groups is 2. The predicted octanol–water partition coefficient (Wildman–Crippen LogP) is 2.63. The number of aliphatic hydroxyl groups excluding tert-OH is 2. The van der Waals surface area contributed by atoms with Gasteiger partial charge in [0.25, 0.3) is 0 Å². The van der Waals surface area contributed by atoms with Gasteiger partial charge in [0, 0.05) is 30.7 Å². The van der Waals surface area contributed by atoms with Gasteiger partial charge in [-0.25, -0.2) is 4.39 Å². The molecule has 3 N–H and O–H groups in total. The molecule has 1 aromatic heterocycles. The molecule has 0 radical (unpaired) electrons. The molecule has 1 saturated heterocycles. The van der Waals surface area contributed by atoms with Crippen molar-refractivity contribution in [1.82, 2.24) is 9.88 Å². The molecular weight excluding hydrogens is 319 g/mol. The third-order valence-electron chi connectivity index (χ3n) is 5.20. The summed E-state index contributed by atoms with van der Waals surface area (Å²) in [5, 5.41) is 21.6. The number of hydrogen-bond donors (Lipinski definition) is 3. The van der Waals surface area contributed by atoms with Gasteiger partial charge >= 0.3 is 0 Å². The fraction of sp³-hybridized carbons (Fsp3) is 0.300. The number of halogens is 1. The van der Waals surface area contributed by atoms with Crippen LogP contribution in [0.5, 0.6) is 0 Å². The van der Waals surface area contributed by atoms with Gasteiger partial charge in [-0.2, -0.15) is 0 Å². The largest absolute Gasteiger partial charge is 0.395 e. The molecule has 2 aromatic carbocycles. The third-order valence-corrected chi connectivity index (χ3v) is 5.20. The molecule has 25 heavy (non-hydrogen) atoms. The first-order valence-corrected chi connectivity index (χ1v) is 8.50. The fourth-order valence-corrected chi connectivity index (χ4v) is 3.83. The standard InChI is InChI=1S/C20H21FN2O2/c21-16-4-2-14(3-5-16)17-11-23(19(12-24)20(17)25)10-13-1-6-18-15(9-13)7-8-22-18/h1-9,17,19-20,22,24-25H,10-12H2/t17-,19-,20-/m1/s1. The van der Waals surface area contributed by atoms with E-state index in [4.69, 9.17) is 0 Å². The van der Waals surface area contributed by atoms with Crippen LogP contribution in [0.25, 0.3) is 10.9 Å². The van der Waals surface area contributed by atoms with Crippen molar-refractivity contribution in [2.24, 2.45) is 0 Å². The second kappa shape index (κ2) is 6.59. The first kappa shape index (κ1) is 16.3. The maximum atomic E-state index is 13.2. The molecule has 5 heteroatoms. The highest BCUT2D eigenvalue weighted by Gasteiger charge is 2.40. The van der Waals surface area contributed by atoms with Gasteiger partial charge in [-0.1, -0.05) is 18.2 Å². The molecule has 0 bridgehead atoms. The zero-order valence-corrected chi connectivity index (χ0v) is 13.8. The Balaban J connectivity index is 1.56. The average molecular weight is 340 g/mol. The van der Waals surface area contributed by atoms with E-state index in [2.05, 4.69) is 22.0 Å². The second-order valence-electron chi connectivity index (χ2n) is 6.73. The van der Waals surface area contributed by atoms with Crippen molar-refractivity contribution in [3.05, 3.63) is 71.7 Å². The minimum atomic E-state index is -0.675. The van der Waals surface area contributed by atoms with Gasteiger partial charge in [0.1, 0.15) is 5.82 Å². The van der Waals surface area contributed by atoms with Crippen LogP contribution in [0.3, 0.4) is 0 Å². The fourth-order valence-electron chi connectivity index (χ4n) is 3.83. The number of nitrogens with one attached hydrogen (secondary N) is 1. The number of aromatic amines is 1. The highest BCUT2D eigenvalue weighted by molar-refractivity contribution is 5.79. The van der Waals surface area contributed by atoms with Crippen LogP contribution in [0.15, 0.2) is 54.7 Å². The molecule has 0 unspecified atom stereocenters. The SMILES string of the molecule is OC[C@@H]1[C@H](O)[C@@H](c2ccc(F)cc2)CN1Cc1ccc2[nH]ccc2c1. The number of rotatable bonds is 4. The molecule has 0 aliphatic carbocycles. The van der Waals surface area contributed by atoms with Gasteiger partial charge < -0.3 is 15.2 Å². The maximum absolute atomic E-state index is 13.2. The number of H-pyrrole nitrogens is 1. The summed E-state index contributed by atoms with van der Waals surface area (Å²) in [6.45, 7) is 1.18. The lowest BCUT2D eigenvalue weighted by Crippen LogP contribution is -2.38. The van der Waals surface area contributed by atoms with E-state index in [1.807, 2.05) is 18.3 Å². The number of benzene rings is 2. The highest BCUT2D eigenvalue weighted by Crippen LogP contribution is 2.33. The number of hydrogen-bond acceptors (Lipinski definition) is 3. The van der Waals surface area contributed by atoms with Crippen LogP contribution in [0, 0.1) is 5.82 Å². The minimum absolute atomic E-state index is 0.106. The first-order valence-electron chi connectivity index (χ1n) is 8.50. The molecule has 3 atom stereocenters. The van der Waals surface area contributed by atoms with E-state index >= 15 is 0 Å². The van der Waals surface area contributed by atoms with E-state index in [1.54, 1.807) is 12.1 Å². The van der Waals surface area contributed by atoms with E-state index in [-0.39, 0.29) is 24.4 Å². The Kier molecular flexibility index (Phi) is 4.29. The lowest BCUT2D eigenvalue weighted by Gasteiger charge is -2.24. The van der Waals surface area contributed by atoms with Gasteiger partial charge in [-0.3, -0.25) is 4.90 Å². The van der Waals surface area contributed by atoms with Crippen molar-refractivity contribution >= 4 is 10.9 Å². The normalized spacial score (nSPS) is 24.2. The van der Waals surface area contributed by atoms with Crippen LogP contribution in [-0.4, -0.2) is 45.4 Å². The maximum Gasteiger partial charge on any atom is 0.123 e. The van der Waals surface area contributed by atoms with Gasteiger partial charge in [0.15, 0.2) is 0 Å². The molecule has 2 heterocycles. The quantitative estimate of drug-likeness (QED) is 0.684. The zero-order chi connectivity index (χ0) is 17.4. The summed E-state index contributed by atoms with van der Waals surface area (Å²) in [4.78, 5) is 5.28. The summed E-state index contributed by atoms with van der Waals surface area (Å²) in [7, 11) is 0. The molecule has 3 aromatic rings. The number of likely N-dealkylation sites (tertiary alicyclic amines) is 1. The van der Waals surface area contributed by atoms with Crippen LogP contribution >= 0.6 is 0 Å². The van der Waals surface area contributed by atoms with Gasteiger partial charge in [0.05, 0.1) is 18.8 Å². The van der Waals surface area contributed by atoms with Crippen LogP contribution in [0.2, 0.25) is 0 Å². The Morgan fingerprint density at radius 1 is 1.12 bits per heavy atom. The van der Waals surface area contributed by atoms with E-state index in [0.717, 1.165) is 22.0 Å². The Labute approximate surface area is 145 Å². The van der Waals surface area contributed by atoms with E-state index in [0.29, 0.717) is 13.1 Å². The number of aromatic nitrogens is 1. The van der Waals surface area contributed by atoms with Crippen molar-refractivity contribution in [2.45, 2.75) is 24.6 Å². The monoisotopic (exact) mass is 340 g/mol. The lowest BCUT2D eigenvalue weighted by molar-refractivity contribution is 0.0641. The van der Waals surface area contributed by atoms with Crippen molar-refractivity contribution in [3.63, 3.8) is 0 Å². The third kappa shape index (κ3) is 3.06. The average Bonchev–Trinajstić information content (AvgIpc) is 3.20.